The fraction of sp³-hybridized carbons (Fsp3) is 0.917. The zero-order valence-electron chi connectivity index (χ0n) is 14.4. The van der Waals surface area contributed by atoms with Gasteiger partial charge in [0.05, 0.1) is 0 Å². The SMILES string of the molecule is CC(=O)OCC(Br)C(F)(F)C(F)(F)C(F)(F)C(F)(F)C(F)(F)C(F)(F)C(F)(F)C(F)(F)F. The van der Waals surface area contributed by atoms with E-state index in [-0.39, 0.29) is 0 Å². The Labute approximate surface area is 173 Å². The molecule has 0 bridgehead atoms. The maximum absolute atomic E-state index is 13.6. The Morgan fingerprint density at radius 2 is 0.906 bits per heavy atom. The maximum Gasteiger partial charge on any atom is 0.460 e. The highest BCUT2D eigenvalue weighted by molar-refractivity contribution is 9.09. The Kier molecular flexibility index (Phi) is 7.89. The molecule has 32 heavy (non-hydrogen) atoms. The van der Waals surface area contributed by atoms with Crippen molar-refractivity contribution in [3.63, 3.8) is 0 Å². The van der Waals surface area contributed by atoms with Gasteiger partial charge in [-0.3, -0.25) is 4.79 Å². The molecule has 0 amide bonds. The van der Waals surface area contributed by atoms with E-state index in [9.17, 15) is 79.4 Å². The number of carbonyl (C=O) groups is 1. The van der Waals surface area contributed by atoms with Gasteiger partial charge >= 0.3 is 53.6 Å². The van der Waals surface area contributed by atoms with Crippen LogP contribution in [-0.4, -0.2) is 65.0 Å². The zero-order chi connectivity index (χ0) is 26.6. The third kappa shape index (κ3) is 4.19. The minimum atomic E-state index is -8.68. The van der Waals surface area contributed by atoms with Gasteiger partial charge in [0.2, 0.25) is 0 Å². The summed E-state index contributed by atoms with van der Waals surface area (Å²) >= 11 is 1.48. The smallest absolute Gasteiger partial charge is 0.460 e. The summed E-state index contributed by atoms with van der Waals surface area (Å²) in [6.07, 6.45) is -7.80. The minimum Gasteiger partial charge on any atom is -0.464 e. The molecular formula is C12H6BrF17O2. The second kappa shape index (κ2) is 8.21. The van der Waals surface area contributed by atoms with Crippen LogP contribution in [0, 0.1) is 0 Å². The van der Waals surface area contributed by atoms with Crippen LogP contribution in [-0.2, 0) is 9.53 Å². The summed E-state index contributed by atoms with van der Waals surface area (Å²) < 4.78 is 225. The molecule has 20 heteroatoms. The molecule has 0 aliphatic rings. The molecule has 0 aromatic heterocycles. The Balaban J connectivity index is 6.62. The third-order valence-corrected chi connectivity index (χ3v) is 4.41. The van der Waals surface area contributed by atoms with Crippen molar-refractivity contribution >= 4 is 21.9 Å². The first kappa shape index (κ1) is 30.8. The van der Waals surface area contributed by atoms with E-state index in [1.807, 2.05) is 0 Å². The van der Waals surface area contributed by atoms with Gasteiger partial charge in [-0.05, 0) is 0 Å². The van der Waals surface area contributed by atoms with E-state index >= 15 is 0 Å². The zero-order valence-corrected chi connectivity index (χ0v) is 16.0. The van der Waals surface area contributed by atoms with E-state index in [4.69, 9.17) is 0 Å². The molecule has 0 saturated carbocycles. The van der Waals surface area contributed by atoms with Crippen LogP contribution >= 0.6 is 15.9 Å². The predicted octanol–water partition coefficient (Wildman–Crippen LogP) is 6.32. The van der Waals surface area contributed by atoms with Crippen molar-refractivity contribution in [1.82, 2.24) is 0 Å². The van der Waals surface area contributed by atoms with Crippen molar-refractivity contribution < 1.29 is 84.2 Å². The molecule has 0 aliphatic carbocycles. The summed E-state index contributed by atoms with van der Waals surface area (Å²) in [6, 6.07) is 0. The van der Waals surface area contributed by atoms with Crippen LogP contribution in [0.15, 0.2) is 0 Å². The predicted molar refractivity (Wildman–Crippen MR) is 70.0 cm³/mol. The lowest BCUT2D eigenvalue weighted by Gasteiger charge is -2.43. The molecule has 0 saturated heterocycles. The lowest BCUT2D eigenvalue weighted by Crippen LogP contribution is -2.75. The van der Waals surface area contributed by atoms with E-state index in [0.717, 1.165) is 0 Å². The van der Waals surface area contributed by atoms with Gasteiger partial charge < -0.3 is 4.74 Å². The summed E-state index contributed by atoms with van der Waals surface area (Å²) in [4.78, 5) is 6.81. The van der Waals surface area contributed by atoms with Crippen LogP contribution < -0.4 is 0 Å². The standard InChI is InChI=1S/C12H6BrF17O2/c1-3(31)32-2-4(13)5(14,15)6(16,17)7(18,19)8(20,21)9(22,23)10(24,25)11(26,27)12(28,29)30/h4H,2H2,1H3. The Morgan fingerprint density at radius 1 is 0.625 bits per heavy atom. The highest BCUT2D eigenvalue weighted by Crippen LogP contribution is 2.64. The number of rotatable bonds is 9. The van der Waals surface area contributed by atoms with Crippen molar-refractivity contribution in [3.8, 4) is 0 Å². The van der Waals surface area contributed by atoms with E-state index in [1.165, 1.54) is 15.9 Å². The molecule has 0 aromatic carbocycles. The molecule has 192 valence electrons. The van der Waals surface area contributed by atoms with Crippen LogP contribution in [0.25, 0.3) is 0 Å². The quantitative estimate of drug-likeness (QED) is 0.180. The van der Waals surface area contributed by atoms with Crippen LogP contribution in [0.3, 0.4) is 0 Å². The molecular weight excluding hydrogens is 579 g/mol. The summed E-state index contributed by atoms with van der Waals surface area (Å²) in [5.74, 6) is -58.5. The fourth-order valence-electron chi connectivity index (χ4n) is 1.67. The molecule has 0 aliphatic heterocycles. The second-order valence-corrected chi connectivity index (χ2v) is 6.94. The lowest BCUT2D eigenvalue weighted by molar-refractivity contribution is -0.461. The van der Waals surface area contributed by atoms with Gasteiger partial charge in [-0.2, -0.15) is 74.6 Å². The minimum absolute atomic E-state index is 0.433. The Bertz CT molecular complexity index is 698. The number of hydrogen-bond acceptors (Lipinski definition) is 2. The van der Waals surface area contributed by atoms with Gasteiger partial charge in [-0.1, -0.05) is 15.9 Å². The number of carbonyl (C=O) groups excluding carboxylic acids is 1. The molecule has 2 nitrogen and oxygen atoms in total. The molecule has 1 unspecified atom stereocenters. The van der Waals surface area contributed by atoms with Crippen LogP contribution in [0.2, 0.25) is 0 Å². The average Bonchev–Trinajstić information content (AvgIpc) is 2.57. The Hall–Kier alpha value is -1.24. The third-order valence-electron chi connectivity index (χ3n) is 3.57. The van der Waals surface area contributed by atoms with Crippen LogP contribution in [0.4, 0.5) is 74.6 Å². The summed E-state index contributed by atoms with van der Waals surface area (Å²) in [6.45, 7) is -1.60. The number of ether oxygens (including phenoxy) is 1. The van der Waals surface area contributed by atoms with E-state index in [1.54, 1.807) is 0 Å². The number of alkyl halides is 18. The second-order valence-electron chi connectivity index (χ2n) is 5.84. The highest BCUT2D eigenvalue weighted by atomic mass is 79.9. The maximum atomic E-state index is 13.6. The van der Waals surface area contributed by atoms with Gasteiger partial charge in [0.25, 0.3) is 0 Å². The summed E-state index contributed by atoms with van der Waals surface area (Å²) in [7, 11) is 0. The molecule has 0 fully saturated rings. The average molecular weight is 585 g/mol. The molecule has 0 heterocycles. The first-order valence-electron chi connectivity index (χ1n) is 7.07. The van der Waals surface area contributed by atoms with Crippen molar-refractivity contribution in [2.24, 2.45) is 0 Å². The Morgan fingerprint density at radius 3 is 1.19 bits per heavy atom. The summed E-state index contributed by atoms with van der Waals surface area (Å²) in [5, 5.41) is 0. The van der Waals surface area contributed by atoms with Crippen LogP contribution in [0.1, 0.15) is 6.92 Å². The molecule has 0 spiro atoms. The fourth-order valence-corrected chi connectivity index (χ4v) is 2.09. The first-order chi connectivity index (χ1) is 13.6. The van der Waals surface area contributed by atoms with Crippen LogP contribution in [0.5, 0.6) is 0 Å². The number of hydrogen-bond donors (Lipinski definition) is 0. The molecule has 1 atom stereocenters. The van der Waals surface area contributed by atoms with Gasteiger partial charge in [0.1, 0.15) is 11.4 Å². The van der Waals surface area contributed by atoms with Crippen molar-refractivity contribution in [2.75, 3.05) is 6.61 Å². The molecule has 0 rings (SSSR count). The molecule has 0 radical (unpaired) electrons. The molecule has 0 aromatic rings. The largest absolute Gasteiger partial charge is 0.464 e. The van der Waals surface area contributed by atoms with Crippen molar-refractivity contribution in [1.29, 1.82) is 0 Å². The van der Waals surface area contributed by atoms with Gasteiger partial charge in [-0.25, -0.2) is 0 Å². The topological polar surface area (TPSA) is 26.3 Å². The normalized spacial score (nSPS) is 16.7. The number of esters is 1. The number of halogens is 18. The van der Waals surface area contributed by atoms with Gasteiger partial charge in [0, 0.05) is 6.92 Å². The highest BCUT2D eigenvalue weighted by Gasteiger charge is 2.95. The van der Waals surface area contributed by atoms with Crippen molar-refractivity contribution in [3.05, 3.63) is 0 Å². The monoisotopic (exact) mass is 584 g/mol. The van der Waals surface area contributed by atoms with Gasteiger partial charge in [0.15, 0.2) is 0 Å². The van der Waals surface area contributed by atoms with Crippen molar-refractivity contribution in [2.45, 2.75) is 59.4 Å². The lowest BCUT2D eigenvalue weighted by atomic mass is 9.88. The molecule has 0 N–H and O–H groups in total. The van der Waals surface area contributed by atoms with E-state index in [0.29, 0.717) is 6.92 Å². The van der Waals surface area contributed by atoms with Gasteiger partial charge in [-0.15, -0.1) is 0 Å². The van der Waals surface area contributed by atoms with E-state index < -0.39 is 65.0 Å². The first-order valence-corrected chi connectivity index (χ1v) is 7.99. The summed E-state index contributed by atoms with van der Waals surface area (Å²) in [5.41, 5.74) is 0. The van der Waals surface area contributed by atoms with E-state index in [2.05, 4.69) is 4.74 Å².